The number of carbonyl (C=O) groups is 3. The smallest absolute Gasteiger partial charge is 0.319 e. The molecule has 1 heterocycles. The van der Waals surface area contributed by atoms with Crippen LogP contribution in [0.2, 0.25) is 0 Å². The molecule has 28 heavy (non-hydrogen) atoms. The number of anilines is 1. The highest BCUT2D eigenvalue weighted by Gasteiger charge is 2.35. The Morgan fingerprint density at radius 3 is 2.43 bits per heavy atom. The van der Waals surface area contributed by atoms with Crippen molar-refractivity contribution in [1.82, 2.24) is 10.2 Å². The van der Waals surface area contributed by atoms with Crippen LogP contribution in [0.5, 0.6) is 0 Å². The standard InChI is InChI=1S/C22H25N3O3/c1-15(2)14-25-20(26)18-11-10-17(13-19(18)21(25)27)24-22(28)23-12-6-9-16-7-4-3-5-8-16/h3-5,7-8,10-11,13,15H,6,9,12,14H2,1-2H3,(H2,23,24,28). The van der Waals surface area contributed by atoms with E-state index in [4.69, 9.17) is 0 Å². The number of nitrogens with zero attached hydrogens (tertiary/aromatic N) is 1. The Kier molecular flexibility index (Phi) is 6.09. The summed E-state index contributed by atoms with van der Waals surface area (Å²) < 4.78 is 0. The van der Waals surface area contributed by atoms with E-state index in [1.807, 2.05) is 32.0 Å². The molecule has 0 unspecified atom stereocenters. The van der Waals surface area contributed by atoms with E-state index >= 15 is 0 Å². The Morgan fingerprint density at radius 1 is 1.00 bits per heavy atom. The lowest BCUT2D eigenvalue weighted by Crippen LogP contribution is -2.33. The second-order valence-corrected chi connectivity index (χ2v) is 7.35. The van der Waals surface area contributed by atoms with Crippen LogP contribution >= 0.6 is 0 Å². The molecule has 0 aliphatic carbocycles. The quantitative estimate of drug-likeness (QED) is 0.569. The fourth-order valence-corrected chi connectivity index (χ4v) is 3.21. The van der Waals surface area contributed by atoms with E-state index in [1.54, 1.807) is 18.2 Å². The summed E-state index contributed by atoms with van der Waals surface area (Å²) >= 11 is 0. The van der Waals surface area contributed by atoms with Gasteiger partial charge in [-0.05, 0) is 42.5 Å². The van der Waals surface area contributed by atoms with Crippen molar-refractivity contribution in [2.75, 3.05) is 18.4 Å². The number of hydrogen-bond donors (Lipinski definition) is 2. The van der Waals surface area contributed by atoms with Gasteiger partial charge in [-0.3, -0.25) is 14.5 Å². The van der Waals surface area contributed by atoms with Gasteiger partial charge in [0.15, 0.2) is 0 Å². The highest BCUT2D eigenvalue weighted by molar-refractivity contribution is 6.21. The molecule has 6 heteroatoms. The predicted molar refractivity (Wildman–Crippen MR) is 108 cm³/mol. The Balaban J connectivity index is 1.53. The Morgan fingerprint density at radius 2 is 1.71 bits per heavy atom. The maximum absolute atomic E-state index is 12.5. The number of rotatable bonds is 7. The molecule has 2 N–H and O–H groups in total. The van der Waals surface area contributed by atoms with Gasteiger partial charge in [0.25, 0.3) is 11.8 Å². The molecule has 2 aromatic carbocycles. The molecule has 6 nitrogen and oxygen atoms in total. The van der Waals surface area contributed by atoms with Crippen molar-refractivity contribution in [1.29, 1.82) is 0 Å². The molecule has 0 radical (unpaired) electrons. The minimum Gasteiger partial charge on any atom is -0.338 e. The van der Waals surface area contributed by atoms with Gasteiger partial charge in [0.2, 0.25) is 0 Å². The third kappa shape index (κ3) is 4.57. The summed E-state index contributed by atoms with van der Waals surface area (Å²) in [5, 5.41) is 5.54. The van der Waals surface area contributed by atoms with Gasteiger partial charge < -0.3 is 10.6 Å². The maximum atomic E-state index is 12.5. The number of hydrogen-bond acceptors (Lipinski definition) is 3. The normalized spacial score (nSPS) is 13.0. The zero-order chi connectivity index (χ0) is 20.1. The van der Waals surface area contributed by atoms with Gasteiger partial charge in [-0.25, -0.2) is 4.79 Å². The second kappa shape index (κ2) is 8.69. The van der Waals surface area contributed by atoms with Crippen LogP contribution in [0.1, 0.15) is 46.5 Å². The van der Waals surface area contributed by atoms with Gasteiger partial charge in [0, 0.05) is 18.8 Å². The van der Waals surface area contributed by atoms with Gasteiger partial charge in [-0.1, -0.05) is 44.2 Å². The third-order valence-electron chi connectivity index (χ3n) is 4.55. The van der Waals surface area contributed by atoms with Crippen molar-refractivity contribution >= 4 is 23.5 Å². The SMILES string of the molecule is CC(C)CN1C(=O)c2ccc(NC(=O)NCCCc3ccccc3)cc2C1=O. The highest BCUT2D eigenvalue weighted by atomic mass is 16.2. The zero-order valence-corrected chi connectivity index (χ0v) is 16.2. The Hall–Kier alpha value is -3.15. The number of nitrogens with one attached hydrogen (secondary N) is 2. The molecule has 0 bridgehead atoms. The van der Waals surface area contributed by atoms with E-state index in [0.717, 1.165) is 12.8 Å². The number of urea groups is 1. The van der Waals surface area contributed by atoms with Crippen molar-refractivity contribution in [2.24, 2.45) is 5.92 Å². The van der Waals surface area contributed by atoms with E-state index in [9.17, 15) is 14.4 Å². The van der Waals surface area contributed by atoms with Crippen LogP contribution in [0.3, 0.4) is 0 Å². The van der Waals surface area contributed by atoms with Crippen LogP contribution in [0.15, 0.2) is 48.5 Å². The molecule has 1 aliphatic heterocycles. The number of imide groups is 1. The van der Waals surface area contributed by atoms with Crippen molar-refractivity contribution in [3.05, 3.63) is 65.2 Å². The Bertz CT molecular complexity index is 878. The molecule has 0 aromatic heterocycles. The highest BCUT2D eigenvalue weighted by Crippen LogP contribution is 2.26. The molecule has 0 atom stereocenters. The first-order valence-corrected chi connectivity index (χ1v) is 9.54. The second-order valence-electron chi connectivity index (χ2n) is 7.35. The summed E-state index contributed by atoms with van der Waals surface area (Å²) in [5.41, 5.74) is 2.45. The van der Waals surface area contributed by atoms with Crippen molar-refractivity contribution in [3.8, 4) is 0 Å². The first kappa shape index (κ1) is 19.6. The molecule has 0 spiro atoms. The summed E-state index contributed by atoms with van der Waals surface area (Å²) in [4.78, 5) is 38.2. The largest absolute Gasteiger partial charge is 0.338 e. The third-order valence-corrected chi connectivity index (χ3v) is 4.55. The van der Waals surface area contributed by atoms with Crippen molar-refractivity contribution in [2.45, 2.75) is 26.7 Å². The average molecular weight is 379 g/mol. The molecule has 0 saturated heterocycles. The number of aryl methyl sites for hydroxylation is 1. The first-order valence-electron chi connectivity index (χ1n) is 9.54. The molecule has 146 valence electrons. The lowest BCUT2D eigenvalue weighted by molar-refractivity contribution is 0.0636. The fraction of sp³-hybridized carbons (Fsp3) is 0.318. The summed E-state index contributed by atoms with van der Waals surface area (Å²) in [5.74, 6) is -0.382. The topological polar surface area (TPSA) is 78.5 Å². The molecule has 1 aliphatic rings. The fourth-order valence-electron chi connectivity index (χ4n) is 3.21. The van der Waals surface area contributed by atoms with E-state index < -0.39 is 0 Å². The van der Waals surface area contributed by atoms with Gasteiger partial charge in [0.05, 0.1) is 11.1 Å². The molecular weight excluding hydrogens is 354 g/mol. The van der Waals surface area contributed by atoms with E-state index in [1.165, 1.54) is 10.5 Å². The predicted octanol–water partition coefficient (Wildman–Crippen LogP) is 3.69. The van der Waals surface area contributed by atoms with Crippen LogP contribution in [0.4, 0.5) is 10.5 Å². The van der Waals surface area contributed by atoms with Crippen molar-refractivity contribution in [3.63, 3.8) is 0 Å². The van der Waals surface area contributed by atoms with Crippen LogP contribution in [-0.2, 0) is 6.42 Å². The zero-order valence-electron chi connectivity index (χ0n) is 16.2. The molecule has 4 amide bonds. The average Bonchev–Trinajstić information content (AvgIpc) is 2.90. The summed E-state index contributed by atoms with van der Waals surface area (Å²) in [6.45, 7) is 4.85. The van der Waals surface area contributed by atoms with Crippen LogP contribution in [0.25, 0.3) is 0 Å². The molecule has 3 rings (SSSR count). The maximum Gasteiger partial charge on any atom is 0.319 e. The number of fused-ring (bicyclic) bond motifs is 1. The Labute approximate surface area is 164 Å². The molecular formula is C22H25N3O3. The van der Waals surface area contributed by atoms with Gasteiger partial charge >= 0.3 is 6.03 Å². The lowest BCUT2D eigenvalue weighted by atomic mass is 10.1. The number of benzene rings is 2. The number of amides is 4. The number of carbonyl (C=O) groups excluding carboxylic acids is 3. The van der Waals surface area contributed by atoms with E-state index in [2.05, 4.69) is 22.8 Å². The van der Waals surface area contributed by atoms with Crippen LogP contribution < -0.4 is 10.6 Å². The summed E-state index contributed by atoms with van der Waals surface area (Å²) in [7, 11) is 0. The van der Waals surface area contributed by atoms with Crippen LogP contribution in [0, 0.1) is 5.92 Å². The molecule has 0 saturated carbocycles. The van der Waals surface area contributed by atoms with E-state index in [0.29, 0.717) is 29.9 Å². The first-order chi connectivity index (χ1) is 13.5. The van der Waals surface area contributed by atoms with Gasteiger partial charge in [-0.2, -0.15) is 0 Å². The summed E-state index contributed by atoms with van der Waals surface area (Å²) in [6.07, 6.45) is 1.72. The molecule has 2 aromatic rings. The van der Waals surface area contributed by atoms with Crippen molar-refractivity contribution < 1.29 is 14.4 Å². The summed E-state index contributed by atoms with van der Waals surface area (Å²) in [6, 6.07) is 14.6. The minimum atomic E-state index is -0.330. The van der Waals surface area contributed by atoms with Gasteiger partial charge in [0.1, 0.15) is 0 Å². The van der Waals surface area contributed by atoms with Crippen LogP contribution in [-0.4, -0.2) is 35.8 Å². The molecule has 0 fully saturated rings. The lowest BCUT2D eigenvalue weighted by Gasteiger charge is -2.15. The van der Waals surface area contributed by atoms with Gasteiger partial charge in [-0.15, -0.1) is 0 Å². The minimum absolute atomic E-state index is 0.196. The van der Waals surface area contributed by atoms with E-state index in [-0.39, 0.29) is 23.8 Å². The monoisotopic (exact) mass is 379 g/mol.